The molecule has 4 rings (SSSR count). The third-order valence-corrected chi connectivity index (χ3v) is 6.73. The Morgan fingerprint density at radius 3 is 2.77 bits per heavy atom. The number of alkyl halides is 1. The summed E-state index contributed by atoms with van der Waals surface area (Å²) < 4.78 is 21.9. The highest BCUT2D eigenvalue weighted by Gasteiger charge is 2.36. The van der Waals surface area contributed by atoms with Gasteiger partial charge >= 0.3 is 6.09 Å². The first-order valence-electron chi connectivity index (χ1n) is 9.70. The largest absolute Gasteiger partial charge is 0.444 e. The molecule has 2 atom stereocenters. The minimum atomic E-state index is -1.37. The van der Waals surface area contributed by atoms with E-state index in [0.717, 1.165) is 15.1 Å². The number of halogens is 1. The number of rotatable bonds is 3. The first kappa shape index (κ1) is 21.0. The molecule has 0 aliphatic carbocycles. The van der Waals surface area contributed by atoms with E-state index in [1.165, 1.54) is 27.6 Å². The van der Waals surface area contributed by atoms with Crippen molar-refractivity contribution >= 4 is 44.0 Å². The maximum atomic E-state index is 15.4. The SMILES string of the molecule is CC(O)Nc1sc2c(c1-c1nc3ccccc3s1)C(F)CN(C(=O)OC(C)(C)C)C2. The molecule has 2 aromatic heterocycles. The quantitative estimate of drug-likeness (QED) is 0.514. The van der Waals surface area contributed by atoms with Gasteiger partial charge in [0.1, 0.15) is 28.0 Å². The molecule has 0 saturated carbocycles. The highest BCUT2D eigenvalue weighted by atomic mass is 32.1. The molecule has 0 spiro atoms. The van der Waals surface area contributed by atoms with Crippen molar-refractivity contribution in [2.45, 2.75) is 52.2 Å². The lowest BCUT2D eigenvalue weighted by Gasteiger charge is -2.31. The third-order valence-electron chi connectivity index (χ3n) is 4.55. The van der Waals surface area contributed by atoms with Gasteiger partial charge in [-0.25, -0.2) is 14.2 Å². The van der Waals surface area contributed by atoms with Gasteiger partial charge in [-0.15, -0.1) is 22.7 Å². The van der Waals surface area contributed by atoms with Gasteiger partial charge in [0.25, 0.3) is 0 Å². The number of aliphatic hydroxyl groups is 1. The van der Waals surface area contributed by atoms with Crippen molar-refractivity contribution in [3.8, 4) is 10.6 Å². The molecule has 30 heavy (non-hydrogen) atoms. The Morgan fingerprint density at radius 2 is 2.10 bits per heavy atom. The number of hydrogen-bond acceptors (Lipinski definition) is 7. The fourth-order valence-corrected chi connectivity index (χ4v) is 5.85. The van der Waals surface area contributed by atoms with E-state index in [-0.39, 0.29) is 13.1 Å². The standard InChI is InChI=1S/C21H24FN3O3S2/c1-11(26)23-18-17(19-24-13-7-5-6-8-14(13)29-19)16-12(22)9-25(10-15(16)30-18)20(27)28-21(2,3)4/h5-8,11-12,23,26H,9-10H2,1-4H3. The number of nitrogens with one attached hydrogen (secondary N) is 1. The van der Waals surface area contributed by atoms with Gasteiger partial charge in [-0.1, -0.05) is 12.1 Å². The van der Waals surface area contributed by atoms with Gasteiger partial charge in [0, 0.05) is 10.4 Å². The van der Waals surface area contributed by atoms with Crippen LogP contribution in [0.2, 0.25) is 0 Å². The molecular formula is C21H24FN3O3S2. The lowest BCUT2D eigenvalue weighted by Crippen LogP contribution is -2.40. The molecule has 9 heteroatoms. The van der Waals surface area contributed by atoms with Crippen LogP contribution in [0.4, 0.5) is 14.2 Å². The number of benzene rings is 1. The van der Waals surface area contributed by atoms with Crippen LogP contribution in [0.5, 0.6) is 0 Å². The summed E-state index contributed by atoms with van der Waals surface area (Å²) in [6.45, 7) is 7.15. The van der Waals surface area contributed by atoms with Crippen molar-refractivity contribution in [3.05, 3.63) is 34.7 Å². The summed E-state index contributed by atoms with van der Waals surface area (Å²) in [5.41, 5.74) is 1.42. The molecule has 0 saturated heterocycles. The minimum Gasteiger partial charge on any atom is -0.444 e. The number of thiophene rings is 1. The molecule has 1 aliphatic heterocycles. The van der Waals surface area contributed by atoms with Crippen LogP contribution < -0.4 is 5.32 Å². The van der Waals surface area contributed by atoms with Gasteiger partial charge in [0.05, 0.1) is 28.9 Å². The van der Waals surface area contributed by atoms with E-state index in [1.54, 1.807) is 27.7 Å². The summed E-state index contributed by atoms with van der Waals surface area (Å²) in [6, 6.07) is 7.76. The number of para-hydroxylation sites is 1. The second kappa shape index (κ2) is 7.79. The van der Waals surface area contributed by atoms with E-state index < -0.39 is 24.1 Å². The number of carbonyl (C=O) groups excluding carboxylic acids is 1. The Hall–Kier alpha value is -2.23. The topological polar surface area (TPSA) is 74.7 Å². The van der Waals surface area contributed by atoms with Crippen molar-refractivity contribution in [3.63, 3.8) is 0 Å². The number of hydrogen-bond donors (Lipinski definition) is 2. The van der Waals surface area contributed by atoms with Crippen molar-refractivity contribution in [2.24, 2.45) is 0 Å². The normalized spacial score (nSPS) is 17.7. The zero-order valence-corrected chi connectivity index (χ0v) is 18.9. The molecule has 2 N–H and O–H groups in total. The average Bonchev–Trinajstić information content (AvgIpc) is 3.20. The van der Waals surface area contributed by atoms with Crippen LogP contribution in [0.3, 0.4) is 0 Å². The average molecular weight is 450 g/mol. The molecule has 160 valence electrons. The number of carbonyl (C=O) groups is 1. The molecule has 3 heterocycles. The monoisotopic (exact) mass is 449 g/mol. The number of ether oxygens (including phenoxy) is 1. The van der Waals surface area contributed by atoms with E-state index in [9.17, 15) is 9.90 Å². The Morgan fingerprint density at radius 1 is 1.37 bits per heavy atom. The Kier molecular flexibility index (Phi) is 5.46. The van der Waals surface area contributed by atoms with Gasteiger partial charge in [-0.2, -0.15) is 0 Å². The Bertz CT molecular complexity index is 1050. The smallest absolute Gasteiger partial charge is 0.410 e. The lowest BCUT2D eigenvalue weighted by molar-refractivity contribution is 0.0163. The summed E-state index contributed by atoms with van der Waals surface area (Å²) in [6.07, 6.45) is -2.71. The molecule has 3 aromatic rings. The molecular weight excluding hydrogens is 425 g/mol. The van der Waals surface area contributed by atoms with Crippen LogP contribution in [0.1, 0.15) is 44.3 Å². The van der Waals surface area contributed by atoms with Crippen LogP contribution in [0, 0.1) is 0 Å². The van der Waals surface area contributed by atoms with Gasteiger partial charge in [0.2, 0.25) is 0 Å². The second-order valence-corrected chi connectivity index (χ2v) is 10.4. The van der Waals surface area contributed by atoms with Gasteiger partial charge in [0.15, 0.2) is 0 Å². The zero-order valence-electron chi connectivity index (χ0n) is 17.2. The fraction of sp³-hybridized carbons (Fsp3) is 0.429. The Balaban J connectivity index is 1.76. The lowest BCUT2D eigenvalue weighted by atomic mass is 10.0. The maximum absolute atomic E-state index is 15.4. The molecule has 6 nitrogen and oxygen atoms in total. The Labute approximate surface area is 182 Å². The van der Waals surface area contributed by atoms with Gasteiger partial charge in [-0.05, 0) is 39.8 Å². The predicted octanol–water partition coefficient (Wildman–Crippen LogP) is 5.54. The third kappa shape index (κ3) is 4.14. The van der Waals surface area contributed by atoms with Crippen molar-refractivity contribution < 1.29 is 19.0 Å². The van der Waals surface area contributed by atoms with Crippen molar-refractivity contribution in [1.82, 2.24) is 9.88 Å². The van der Waals surface area contributed by atoms with E-state index in [0.29, 0.717) is 21.1 Å². The number of fused-ring (bicyclic) bond motifs is 2. The number of anilines is 1. The number of aromatic nitrogens is 1. The highest BCUT2D eigenvalue weighted by Crippen LogP contribution is 2.49. The van der Waals surface area contributed by atoms with Crippen LogP contribution in [0.25, 0.3) is 20.8 Å². The van der Waals surface area contributed by atoms with Crippen LogP contribution >= 0.6 is 22.7 Å². The summed E-state index contributed by atoms with van der Waals surface area (Å²) in [7, 11) is 0. The second-order valence-electron chi connectivity index (χ2n) is 8.28. The number of amides is 1. The fourth-order valence-electron chi connectivity index (χ4n) is 3.41. The number of aliphatic hydroxyl groups excluding tert-OH is 1. The summed E-state index contributed by atoms with van der Waals surface area (Å²) in [5, 5.41) is 14.3. The van der Waals surface area contributed by atoms with Crippen LogP contribution in [-0.4, -0.2) is 39.5 Å². The van der Waals surface area contributed by atoms with E-state index >= 15 is 4.39 Å². The number of thiazole rings is 1. The van der Waals surface area contributed by atoms with Crippen molar-refractivity contribution in [2.75, 3.05) is 11.9 Å². The van der Waals surface area contributed by atoms with Gasteiger partial charge < -0.3 is 15.2 Å². The molecule has 0 radical (unpaired) electrons. The first-order valence-corrected chi connectivity index (χ1v) is 11.3. The highest BCUT2D eigenvalue weighted by molar-refractivity contribution is 7.22. The molecule has 1 aliphatic rings. The minimum absolute atomic E-state index is 0.0787. The molecule has 1 amide bonds. The van der Waals surface area contributed by atoms with E-state index in [4.69, 9.17) is 9.72 Å². The zero-order chi connectivity index (χ0) is 21.6. The van der Waals surface area contributed by atoms with Crippen LogP contribution in [0.15, 0.2) is 24.3 Å². The van der Waals surface area contributed by atoms with Gasteiger partial charge in [-0.3, -0.25) is 4.90 Å². The molecule has 0 fully saturated rings. The maximum Gasteiger partial charge on any atom is 0.410 e. The summed E-state index contributed by atoms with van der Waals surface area (Å²) >= 11 is 2.83. The number of nitrogens with zero attached hydrogens (tertiary/aromatic N) is 2. The molecule has 1 aromatic carbocycles. The summed E-state index contributed by atoms with van der Waals surface area (Å²) in [5.74, 6) is 0. The summed E-state index contributed by atoms with van der Waals surface area (Å²) in [4.78, 5) is 19.3. The molecule has 0 bridgehead atoms. The van der Waals surface area contributed by atoms with E-state index in [1.807, 2.05) is 24.3 Å². The molecule has 2 unspecified atom stereocenters. The van der Waals surface area contributed by atoms with Crippen molar-refractivity contribution in [1.29, 1.82) is 0 Å². The predicted molar refractivity (Wildman–Crippen MR) is 119 cm³/mol. The van der Waals surface area contributed by atoms with E-state index in [2.05, 4.69) is 5.32 Å². The van der Waals surface area contributed by atoms with Crippen LogP contribution in [-0.2, 0) is 11.3 Å². The first-order chi connectivity index (χ1) is 14.1.